The Bertz CT molecular complexity index is 3010. The second kappa shape index (κ2) is 21.9. The number of carbonyl (C=O) groups is 4. The largest absolute Gasteiger partial charge is 0.383 e. The minimum Gasteiger partial charge on any atom is -0.383 e. The molecular weight excluding hydrogens is 955 g/mol. The van der Waals surface area contributed by atoms with Crippen LogP contribution in [0.4, 0.5) is 17.2 Å². The van der Waals surface area contributed by atoms with Crippen LogP contribution < -0.4 is 16.4 Å². The maximum atomic E-state index is 14.0. The molecule has 15 nitrogen and oxygen atoms in total. The lowest BCUT2D eigenvalue weighted by atomic mass is 9.89. The fraction of sp³-hybridized carbons (Fsp3) is 0.500. The molecule has 4 aliphatic heterocycles. The number of carbonyl (C=O) groups excluding carboxylic acids is 4. The molecule has 0 bridgehead atoms. The molecular formula is C56H69N11O4S2. The number of fused-ring (bicyclic) bond motifs is 2. The summed E-state index contributed by atoms with van der Waals surface area (Å²) in [5, 5.41) is 8.00. The highest BCUT2D eigenvalue weighted by Gasteiger charge is 2.37. The van der Waals surface area contributed by atoms with Crippen molar-refractivity contribution in [3.8, 4) is 0 Å². The van der Waals surface area contributed by atoms with Crippen molar-refractivity contribution < 1.29 is 19.2 Å². The summed E-state index contributed by atoms with van der Waals surface area (Å²) in [6, 6.07) is 16.0. The number of pyridine rings is 2. The summed E-state index contributed by atoms with van der Waals surface area (Å²) in [7, 11) is 2.18. The molecule has 0 spiro atoms. The van der Waals surface area contributed by atoms with Crippen LogP contribution in [-0.2, 0) is 25.6 Å². The van der Waals surface area contributed by atoms with Crippen LogP contribution in [0.5, 0.6) is 0 Å². The summed E-state index contributed by atoms with van der Waals surface area (Å²) in [6.45, 7) is 14.1. The first-order chi connectivity index (χ1) is 35.2. The zero-order chi connectivity index (χ0) is 50.9. The average Bonchev–Trinajstić information content (AvgIpc) is 4.03. The summed E-state index contributed by atoms with van der Waals surface area (Å²) in [5.74, 6) is -0.529. The molecule has 4 N–H and O–H groups in total. The highest BCUT2D eigenvalue weighted by atomic mass is 32.1. The molecule has 4 aliphatic rings. The lowest BCUT2D eigenvalue weighted by molar-refractivity contribution is -0.146. The summed E-state index contributed by atoms with van der Waals surface area (Å²) >= 11 is 3.54. The average molecular weight is 1020 g/mol. The number of nitrogens with two attached hydrogens (primary N) is 1. The van der Waals surface area contributed by atoms with Gasteiger partial charge in [0, 0.05) is 30.6 Å². The highest BCUT2D eigenvalue weighted by Crippen LogP contribution is 2.40. The molecule has 384 valence electrons. The van der Waals surface area contributed by atoms with Gasteiger partial charge in [0.05, 0.1) is 66.3 Å². The minimum absolute atomic E-state index is 0.204. The Morgan fingerprint density at radius 2 is 1.16 bits per heavy atom. The Morgan fingerprint density at radius 1 is 0.658 bits per heavy atom. The number of piperidine rings is 4. The monoisotopic (exact) mass is 1020 g/mol. The van der Waals surface area contributed by atoms with Gasteiger partial charge in [0.1, 0.15) is 5.82 Å². The third-order valence-electron chi connectivity index (χ3n) is 16.0. The SMILES string of the molecule is Cc1cc(NC(=O)C(=O)N2C[C@@H](C)CC[C@@H]2c2ccc3sc(C4CCN(CCCc5cc(NC(=O)C(=O)N6C[C@@H](C)CC[C@@H]6c6ccc7sc(C8CCN(C)CC8)nc7c6)cnc5N)CC4)nc3c2)cnc1C. The van der Waals surface area contributed by atoms with Crippen molar-refractivity contribution in [1.29, 1.82) is 0 Å². The molecule has 4 aromatic heterocycles. The van der Waals surface area contributed by atoms with E-state index in [-0.39, 0.29) is 18.0 Å². The number of hydrogen-bond donors (Lipinski definition) is 3. The third kappa shape index (κ3) is 11.4. The van der Waals surface area contributed by atoms with E-state index in [9.17, 15) is 19.2 Å². The Labute approximate surface area is 436 Å². The van der Waals surface area contributed by atoms with E-state index in [2.05, 4.69) is 87.7 Å². The van der Waals surface area contributed by atoms with Crippen LogP contribution in [0.15, 0.2) is 60.9 Å². The number of aromatic nitrogens is 4. The summed E-state index contributed by atoms with van der Waals surface area (Å²) in [4.78, 5) is 82.1. The molecule has 73 heavy (non-hydrogen) atoms. The van der Waals surface area contributed by atoms with Crippen molar-refractivity contribution in [3.63, 3.8) is 0 Å². The molecule has 4 atom stereocenters. The van der Waals surface area contributed by atoms with Gasteiger partial charge in [0.15, 0.2) is 0 Å². The fourth-order valence-electron chi connectivity index (χ4n) is 11.4. The second-order valence-electron chi connectivity index (χ2n) is 21.5. The van der Waals surface area contributed by atoms with E-state index < -0.39 is 23.6 Å². The van der Waals surface area contributed by atoms with Gasteiger partial charge in [-0.15, -0.1) is 22.7 Å². The van der Waals surface area contributed by atoms with Crippen molar-refractivity contribution in [1.82, 2.24) is 39.5 Å². The number of thiazole rings is 2. The lowest BCUT2D eigenvalue weighted by Gasteiger charge is -2.38. The zero-order valence-corrected chi connectivity index (χ0v) is 44.5. The normalized spacial score (nSPS) is 21.7. The number of aryl methyl sites for hydroxylation is 3. The smallest absolute Gasteiger partial charge is 0.313 e. The molecule has 0 aliphatic carbocycles. The lowest BCUT2D eigenvalue weighted by Crippen LogP contribution is -2.46. The topological polar surface area (TPSA) is 183 Å². The van der Waals surface area contributed by atoms with Crippen LogP contribution in [0.2, 0.25) is 0 Å². The molecule has 17 heteroatoms. The Hall–Kier alpha value is -5.88. The van der Waals surface area contributed by atoms with E-state index in [0.29, 0.717) is 54.5 Å². The van der Waals surface area contributed by atoms with Gasteiger partial charge in [-0.25, -0.2) is 15.0 Å². The van der Waals surface area contributed by atoms with E-state index in [0.717, 1.165) is 144 Å². The minimum atomic E-state index is -0.668. The van der Waals surface area contributed by atoms with Crippen molar-refractivity contribution in [3.05, 3.63) is 98.9 Å². The zero-order valence-electron chi connectivity index (χ0n) is 42.9. The first-order valence-electron chi connectivity index (χ1n) is 26.4. The number of nitrogens with zero attached hydrogens (tertiary/aromatic N) is 8. The van der Waals surface area contributed by atoms with E-state index in [1.807, 2.05) is 26.0 Å². The molecule has 0 radical (unpaired) electrons. The van der Waals surface area contributed by atoms with E-state index in [1.54, 1.807) is 38.7 Å². The van der Waals surface area contributed by atoms with Crippen molar-refractivity contribution >= 4 is 83.9 Å². The quantitative estimate of drug-likeness (QED) is 0.111. The Kier molecular flexibility index (Phi) is 15.2. The van der Waals surface area contributed by atoms with Crippen LogP contribution in [0, 0.1) is 25.7 Å². The molecule has 10 rings (SSSR count). The molecule has 4 amide bonds. The van der Waals surface area contributed by atoms with Crippen molar-refractivity contribution in [2.75, 3.05) is 69.2 Å². The molecule has 4 fully saturated rings. The molecule has 8 heterocycles. The van der Waals surface area contributed by atoms with Gasteiger partial charge in [0.25, 0.3) is 0 Å². The predicted molar refractivity (Wildman–Crippen MR) is 291 cm³/mol. The Balaban J connectivity index is 0.715. The van der Waals surface area contributed by atoms with Crippen LogP contribution >= 0.6 is 22.7 Å². The van der Waals surface area contributed by atoms with Crippen molar-refractivity contribution in [2.24, 2.45) is 11.8 Å². The first kappa shape index (κ1) is 50.6. The number of anilines is 3. The molecule has 4 saturated heterocycles. The maximum absolute atomic E-state index is 14.0. The number of benzene rings is 2. The predicted octanol–water partition coefficient (Wildman–Crippen LogP) is 9.39. The maximum Gasteiger partial charge on any atom is 0.313 e. The molecule has 6 aromatic rings. The van der Waals surface area contributed by atoms with Crippen molar-refractivity contribution in [2.45, 2.75) is 116 Å². The fourth-order valence-corrected chi connectivity index (χ4v) is 13.7. The summed E-state index contributed by atoms with van der Waals surface area (Å²) in [5.41, 5.74) is 14.0. The van der Waals surface area contributed by atoms with Gasteiger partial charge < -0.3 is 36.0 Å². The number of rotatable bonds is 10. The van der Waals surface area contributed by atoms with Crippen LogP contribution in [0.25, 0.3) is 20.4 Å². The van der Waals surface area contributed by atoms with Gasteiger partial charge in [-0.1, -0.05) is 26.0 Å². The second-order valence-corrected chi connectivity index (χ2v) is 23.6. The number of nitrogen functional groups attached to an aromatic ring is 1. The van der Waals surface area contributed by atoms with Crippen LogP contribution in [-0.4, -0.2) is 116 Å². The highest BCUT2D eigenvalue weighted by molar-refractivity contribution is 7.19. The van der Waals surface area contributed by atoms with Gasteiger partial charge in [-0.2, -0.15) is 0 Å². The number of likely N-dealkylation sites (tertiary alicyclic amines) is 4. The Morgan fingerprint density at radius 3 is 1.70 bits per heavy atom. The van der Waals surface area contributed by atoms with Gasteiger partial charge >= 0.3 is 23.6 Å². The van der Waals surface area contributed by atoms with Gasteiger partial charge in [-0.05, 0) is 188 Å². The van der Waals surface area contributed by atoms with Crippen LogP contribution in [0.3, 0.4) is 0 Å². The third-order valence-corrected chi connectivity index (χ3v) is 18.4. The van der Waals surface area contributed by atoms with Gasteiger partial charge in [0.2, 0.25) is 0 Å². The molecule has 0 unspecified atom stereocenters. The van der Waals surface area contributed by atoms with E-state index in [4.69, 9.17) is 15.7 Å². The summed E-state index contributed by atoms with van der Waals surface area (Å²) in [6.07, 6.45) is 12.5. The van der Waals surface area contributed by atoms with E-state index in [1.165, 1.54) is 11.2 Å². The van der Waals surface area contributed by atoms with E-state index >= 15 is 0 Å². The van der Waals surface area contributed by atoms with Crippen LogP contribution in [0.1, 0.15) is 134 Å². The molecule has 2 aromatic carbocycles. The molecule has 0 saturated carbocycles. The number of amides is 4. The van der Waals surface area contributed by atoms with Gasteiger partial charge in [-0.3, -0.25) is 24.2 Å². The first-order valence-corrected chi connectivity index (χ1v) is 28.0. The number of hydrogen-bond acceptors (Lipinski definition) is 13. The number of nitrogens with one attached hydrogen (secondary N) is 2. The standard InChI is InChI=1S/C56H69N11O4S2/c1-33-8-12-46(66(31-33)55(70)51(68)60-42-25-35(3)36(4)58-29-42)40-11-15-49-45(28-40)63-54(73-49)38-18-23-65(24-19-38)20-6-7-41-26-43(30-59-50(41)57)61-52(69)56(71)67-32-34(2)9-13-47(67)39-10-14-48-44(27-39)62-53(72-48)37-16-21-64(5)22-17-37/h10-11,14-15,25-30,33-34,37-38,46-47H,6-9,12-13,16-24,31-32H2,1-5H3,(H2,57,59)(H,60,68)(H,61,69)/t33-,34-,46+,47+/m0/s1. The summed E-state index contributed by atoms with van der Waals surface area (Å²) < 4.78 is 2.29.